The molecule has 0 bridgehead atoms. The first-order valence-electron chi connectivity index (χ1n) is 6.60. The highest BCUT2D eigenvalue weighted by Gasteiger charge is 2.27. The molecule has 0 saturated heterocycles. The molecule has 0 radical (unpaired) electrons. The molecule has 0 aromatic carbocycles. The van der Waals surface area contributed by atoms with Crippen molar-refractivity contribution in [3.8, 4) is 5.75 Å². The summed E-state index contributed by atoms with van der Waals surface area (Å²) in [5.41, 5.74) is 1.04. The molecule has 1 rings (SSSR count). The van der Waals surface area contributed by atoms with Crippen LogP contribution in [0.1, 0.15) is 38.9 Å². The Hall–Kier alpha value is -1.07. The minimum absolute atomic E-state index is 0.0994. The first-order valence-corrected chi connectivity index (χ1v) is 6.60. The monoisotopic (exact) mass is 255 g/mol. The van der Waals surface area contributed by atoms with Crippen molar-refractivity contribution >= 4 is 0 Å². The summed E-state index contributed by atoms with van der Waals surface area (Å²) < 4.78 is 13.1. The number of methoxy groups -OCH3 is 1. The molecule has 18 heavy (non-hydrogen) atoms. The van der Waals surface area contributed by atoms with Gasteiger partial charge in [0.15, 0.2) is 5.75 Å². The van der Waals surface area contributed by atoms with Gasteiger partial charge < -0.3 is 14.8 Å². The lowest BCUT2D eigenvalue weighted by atomic mass is 10.0. The van der Waals surface area contributed by atoms with Gasteiger partial charge in [0, 0.05) is 13.7 Å². The van der Waals surface area contributed by atoms with Gasteiger partial charge >= 0.3 is 0 Å². The normalized spacial score (nSPS) is 14.5. The predicted octanol–water partition coefficient (Wildman–Crippen LogP) is 1.89. The summed E-state index contributed by atoms with van der Waals surface area (Å²) in [4.78, 5) is 0. The number of hydrogen-bond donors (Lipinski definition) is 1. The minimum atomic E-state index is 0.0994. The largest absolute Gasteiger partial charge is 0.493 e. The van der Waals surface area contributed by atoms with E-state index >= 15 is 0 Å². The van der Waals surface area contributed by atoms with Crippen LogP contribution in [-0.4, -0.2) is 36.1 Å². The first-order chi connectivity index (χ1) is 8.69. The van der Waals surface area contributed by atoms with Crippen LogP contribution in [0.5, 0.6) is 5.75 Å². The highest BCUT2D eigenvalue weighted by molar-refractivity contribution is 5.29. The quantitative estimate of drug-likeness (QED) is 0.770. The van der Waals surface area contributed by atoms with E-state index in [2.05, 4.69) is 24.3 Å². The van der Waals surface area contributed by atoms with Gasteiger partial charge in [-0.2, -0.15) is 5.10 Å². The van der Waals surface area contributed by atoms with Gasteiger partial charge in [-0.1, -0.05) is 13.8 Å². The van der Waals surface area contributed by atoms with E-state index in [4.69, 9.17) is 9.47 Å². The summed E-state index contributed by atoms with van der Waals surface area (Å²) in [6.45, 7) is 7.83. The summed E-state index contributed by atoms with van der Waals surface area (Å²) in [7, 11) is 3.60. The summed E-state index contributed by atoms with van der Waals surface area (Å²) in [6.07, 6.45) is 2.82. The van der Waals surface area contributed by atoms with Crippen LogP contribution in [0.4, 0.5) is 0 Å². The minimum Gasteiger partial charge on any atom is -0.493 e. The van der Waals surface area contributed by atoms with Crippen LogP contribution >= 0.6 is 0 Å². The Balaban J connectivity index is 3.05. The molecule has 104 valence electrons. The fraction of sp³-hybridized carbons (Fsp3) is 0.769. The molecule has 0 fully saturated rings. The van der Waals surface area contributed by atoms with Crippen LogP contribution in [0.2, 0.25) is 0 Å². The second-order valence-electron chi connectivity index (χ2n) is 4.16. The van der Waals surface area contributed by atoms with E-state index in [-0.39, 0.29) is 12.1 Å². The number of hydrogen-bond acceptors (Lipinski definition) is 4. The second kappa shape index (κ2) is 7.38. The molecule has 0 aliphatic carbocycles. The molecule has 0 aliphatic heterocycles. The van der Waals surface area contributed by atoms with Gasteiger partial charge in [-0.25, -0.2) is 0 Å². The van der Waals surface area contributed by atoms with Crippen LogP contribution in [0, 0.1) is 0 Å². The lowest BCUT2D eigenvalue weighted by Gasteiger charge is -2.27. The summed E-state index contributed by atoms with van der Waals surface area (Å²) >= 11 is 0. The van der Waals surface area contributed by atoms with E-state index < -0.39 is 0 Å². The first kappa shape index (κ1) is 15.0. The number of aromatic nitrogens is 2. The van der Waals surface area contributed by atoms with Gasteiger partial charge in [-0.05, 0) is 19.9 Å². The maximum Gasteiger partial charge on any atom is 0.161 e. The average molecular weight is 255 g/mol. The summed E-state index contributed by atoms with van der Waals surface area (Å²) in [5.74, 6) is 0.807. The zero-order chi connectivity index (χ0) is 13.5. The molecule has 1 aromatic heterocycles. The summed E-state index contributed by atoms with van der Waals surface area (Å²) in [6, 6.07) is 0.0994. The van der Waals surface area contributed by atoms with Crippen molar-refractivity contribution in [2.75, 3.05) is 20.3 Å². The van der Waals surface area contributed by atoms with Crippen molar-refractivity contribution in [3.63, 3.8) is 0 Å². The zero-order valence-electron chi connectivity index (χ0n) is 12.1. The number of nitrogens with zero attached hydrogens (tertiary/aromatic N) is 2. The number of rotatable bonds is 8. The maximum absolute atomic E-state index is 5.82. The van der Waals surface area contributed by atoms with Crippen molar-refractivity contribution in [2.45, 2.75) is 39.3 Å². The molecular weight excluding hydrogens is 230 g/mol. The van der Waals surface area contributed by atoms with Crippen molar-refractivity contribution in [1.82, 2.24) is 15.1 Å². The molecule has 0 spiro atoms. The Kier molecular flexibility index (Phi) is 6.15. The van der Waals surface area contributed by atoms with Crippen LogP contribution < -0.4 is 10.1 Å². The van der Waals surface area contributed by atoms with Gasteiger partial charge in [0.2, 0.25) is 0 Å². The Morgan fingerprint density at radius 2 is 2.11 bits per heavy atom. The molecule has 0 amide bonds. The standard InChI is InChI=1S/C13H25N3O2/c1-6-10(18-8-3)12(14-7-2)13-11(17-5)9-15-16(13)4/h9-10,12,14H,6-8H2,1-5H3. The fourth-order valence-corrected chi connectivity index (χ4v) is 2.23. The Morgan fingerprint density at radius 1 is 1.39 bits per heavy atom. The van der Waals surface area contributed by atoms with Crippen molar-refractivity contribution < 1.29 is 9.47 Å². The van der Waals surface area contributed by atoms with Gasteiger partial charge in [0.25, 0.3) is 0 Å². The van der Waals surface area contributed by atoms with E-state index in [0.29, 0.717) is 6.61 Å². The average Bonchev–Trinajstić information content (AvgIpc) is 2.74. The van der Waals surface area contributed by atoms with Crippen LogP contribution in [0.15, 0.2) is 6.20 Å². The molecule has 1 N–H and O–H groups in total. The second-order valence-corrected chi connectivity index (χ2v) is 4.16. The highest BCUT2D eigenvalue weighted by atomic mass is 16.5. The number of ether oxygens (including phenoxy) is 2. The van der Waals surface area contributed by atoms with Gasteiger partial charge in [-0.3, -0.25) is 4.68 Å². The van der Waals surface area contributed by atoms with Gasteiger partial charge in [0.1, 0.15) is 0 Å². The lowest BCUT2D eigenvalue weighted by Crippen LogP contribution is -2.35. The van der Waals surface area contributed by atoms with E-state index in [1.54, 1.807) is 13.3 Å². The molecule has 5 nitrogen and oxygen atoms in total. The van der Waals surface area contributed by atoms with Crippen molar-refractivity contribution in [2.24, 2.45) is 7.05 Å². The molecule has 2 atom stereocenters. The Labute approximate surface area is 109 Å². The SMILES string of the molecule is CCNC(c1c(OC)cnn1C)C(CC)OCC. The molecule has 1 heterocycles. The van der Waals surface area contributed by atoms with E-state index in [0.717, 1.165) is 24.4 Å². The van der Waals surface area contributed by atoms with Gasteiger partial charge in [0.05, 0.1) is 31.1 Å². The molecular formula is C13H25N3O2. The molecule has 0 saturated carbocycles. The third kappa shape index (κ3) is 3.23. The summed E-state index contributed by atoms with van der Waals surface area (Å²) in [5, 5.41) is 7.73. The Bertz CT molecular complexity index is 352. The maximum atomic E-state index is 5.82. The smallest absolute Gasteiger partial charge is 0.161 e. The van der Waals surface area contributed by atoms with Crippen molar-refractivity contribution in [3.05, 3.63) is 11.9 Å². The molecule has 0 aliphatic rings. The zero-order valence-corrected chi connectivity index (χ0v) is 12.1. The van der Waals surface area contributed by atoms with E-state index in [9.17, 15) is 0 Å². The molecule has 1 aromatic rings. The third-order valence-corrected chi connectivity index (χ3v) is 3.04. The van der Waals surface area contributed by atoms with Crippen molar-refractivity contribution in [1.29, 1.82) is 0 Å². The van der Waals surface area contributed by atoms with E-state index in [1.165, 1.54) is 0 Å². The van der Waals surface area contributed by atoms with E-state index in [1.807, 2.05) is 18.7 Å². The molecule has 5 heteroatoms. The number of likely N-dealkylation sites (N-methyl/N-ethyl adjacent to an activating group) is 1. The van der Waals surface area contributed by atoms with Crippen LogP contribution in [0.3, 0.4) is 0 Å². The highest BCUT2D eigenvalue weighted by Crippen LogP contribution is 2.29. The van der Waals surface area contributed by atoms with Crippen LogP contribution in [-0.2, 0) is 11.8 Å². The number of nitrogens with one attached hydrogen (secondary N) is 1. The number of aryl methyl sites for hydroxylation is 1. The lowest BCUT2D eigenvalue weighted by molar-refractivity contribution is 0.0291. The molecule has 2 unspecified atom stereocenters. The topological polar surface area (TPSA) is 48.3 Å². The predicted molar refractivity (Wildman–Crippen MR) is 71.9 cm³/mol. The Morgan fingerprint density at radius 3 is 2.61 bits per heavy atom. The fourth-order valence-electron chi connectivity index (χ4n) is 2.23. The van der Waals surface area contributed by atoms with Gasteiger partial charge in [-0.15, -0.1) is 0 Å². The van der Waals surface area contributed by atoms with Crippen LogP contribution in [0.25, 0.3) is 0 Å². The third-order valence-electron chi connectivity index (χ3n) is 3.04.